The van der Waals surface area contributed by atoms with Gasteiger partial charge in [0.05, 0.1) is 17.0 Å². The van der Waals surface area contributed by atoms with Crippen LogP contribution in [-0.4, -0.2) is 26.3 Å². The number of hydrogen-bond acceptors (Lipinski definition) is 3. The number of nitrogens with zero attached hydrogens (tertiary/aromatic N) is 2. The highest BCUT2D eigenvalue weighted by Gasteiger charge is 2.21. The third-order valence-electron chi connectivity index (χ3n) is 2.08. The van der Waals surface area contributed by atoms with E-state index in [1.165, 1.54) is 7.05 Å². The van der Waals surface area contributed by atoms with Crippen molar-refractivity contribution in [1.82, 2.24) is 4.31 Å². The minimum Gasteiger partial charge on any atom is -0.207 e. The molecule has 0 aliphatic heterocycles. The Morgan fingerprint density at radius 1 is 1.53 bits per heavy atom. The van der Waals surface area contributed by atoms with Gasteiger partial charge in [0.1, 0.15) is 11.9 Å². The van der Waals surface area contributed by atoms with Crippen LogP contribution in [-0.2, 0) is 10.0 Å². The lowest BCUT2D eigenvalue weighted by atomic mass is 10.2. The standard InChI is InChI=1S/C11H9FN2O2S/c1-3-6-14(2)17(15,16)10-4-5-11(12)9(7-10)8-13/h1,4-5,7H,6H2,2H3. The van der Waals surface area contributed by atoms with Crippen LogP contribution < -0.4 is 0 Å². The maximum absolute atomic E-state index is 13.0. The van der Waals surface area contributed by atoms with E-state index in [0.717, 1.165) is 22.5 Å². The fourth-order valence-electron chi connectivity index (χ4n) is 1.14. The Morgan fingerprint density at radius 3 is 2.71 bits per heavy atom. The summed E-state index contributed by atoms with van der Waals surface area (Å²) in [4.78, 5) is -0.159. The summed E-state index contributed by atoms with van der Waals surface area (Å²) in [6.45, 7) is -0.0956. The number of rotatable bonds is 3. The molecule has 0 saturated heterocycles. The Balaban J connectivity index is 3.27. The first-order chi connectivity index (χ1) is 7.93. The average Bonchev–Trinajstić information content (AvgIpc) is 2.29. The van der Waals surface area contributed by atoms with E-state index in [-0.39, 0.29) is 17.0 Å². The van der Waals surface area contributed by atoms with Crippen LogP contribution >= 0.6 is 0 Å². The lowest BCUT2D eigenvalue weighted by Gasteiger charge is -2.14. The predicted octanol–water partition coefficient (Wildman–Crippen LogP) is 0.951. The highest BCUT2D eigenvalue weighted by atomic mass is 32.2. The molecular formula is C11H9FN2O2S. The zero-order chi connectivity index (χ0) is 13.1. The van der Waals surface area contributed by atoms with E-state index in [1.54, 1.807) is 6.07 Å². The van der Waals surface area contributed by atoms with Gasteiger partial charge < -0.3 is 0 Å². The highest BCUT2D eigenvalue weighted by Crippen LogP contribution is 2.17. The first-order valence-corrected chi connectivity index (χ1v) is 5.97. The van der Waals surface area contributed by atoms with Gasteiger partial charge in [0, 0.05) is 7.05 Å². The molecule has 6 heteroatoms. The van der Waals surface area contributed by atoms with Crippen LogP contribution in [0.2, 0.25) is 0 Å². The quantitative estimate of drug-likeness (QED) is 0.752. The predicted molar refractivity (Wildman–Crippen MR) is 59.8 cm³/mol. The summed E-state index contributed by atoms with van der Waals surface area (Å²) >= 11 is 0. The molecule has 4 nitrogen and oxygen atoms in total. The maximum Gasteiger partial charge on any atom is 0.243 e. The minimum absolute atomic E-state index is 0.0956. The van der Waals surface area contributed by atoms with Crippen LogP contribution in [0.1, 0.15) is 5.56 Å². The average molecular weight is 252 g/mol. The van der Waals surface area contributed by atoms with E-state index in [4.69, 9.17) is 11.7 Å². The van der Waals surface area contributed by atoms with Crippen molar-refractivity contribution in [3.05, 3.63) is 29.6 Å². The van der Waals surface area contributed by atoms with Gasteiger partial charge in [-0.3, -0.25) is 0 Å². The third-order valence-corrected chi connectivity index (χ3v) is 3.88. The summed E-state index contributed by atoms with van der Waals surface area (Å²) in [6.07, 6.45) is 5.02. The molecule has 0 heterocycles. The van der Waals surface area contributed by atoms with Crippen LogP contribution in [0.25, 0.3) is 0 Å². The summed E-state index contributed by atoms with van der Waals surface area (Å²) in [5.74, 6) is 1.43. The van der Waals surface area contributed by atoms with Crippen LogP contribution in [0.3, 0.4) is 0 Å². The van der Waals surface area contributed by atoms with Gasteiger partial charge in [0.15, 0.2) is 0 Å². The number of halogens is 1. The molecule has 1 aromatic carbocycles. The van der Waals surface area contributed by atoms with E-state index >= 15 is 0 Å². The van der Waals surface area contributed by atoms with Crippen molar-refractivity contribution in [2.24, 2.45) is 0 Å². The summed E-state index contributed by atoms with van der Waals surface area (Å²) in [5, 5.41) is 8.62. The molecule has 0 atom stereocenters. The molecule has 0 aromatic heterocycles. The summed E-state index contributed by atoms with van der Waals surface area (Å²) in [5.41, 5.74) is -0.319. The number of sulfonamides is 1. The van der Waals surface area contributed by atoms with Crippen molar-refractivity contribution < 1.29 is 12.8 Å². The fraction of sp³-hybridized carbons (Fsp3) is 0.182. The molecule has 88 valence electrons. The molecule has 0 bridgehead atoms. The zero-order valence-electron chi connectivity index (χ0n) is 9.01. The Hall–Kier alpha value is -1.89. The van der Waals surface area contributed by atoms with Crippen molar-refractivity contribution >= 4 is 10.0 Å². The third kappa shape index (κ3) is 2.62. The number of hydrogen-bond donors (Lipinski definition) is 0. The maximum atomic E-state index is 13.0. The second kappa shape index (κ2) is 4.96. The normalized spacial score (nSPS) is 10.9. The van der Waals surface area contributed by atoms with E-state index < -0.39 is 15.8 Å². The Morgan fingerprint density at radius 2 is 2.18 bits per heavy atom. The molecular weight excluding hydrogens is 243 g/mol. The smallest absolute Gasteiger partial charge is 0.207 e. The highest BCUT2D eigenvalue weighted by molar-refractivity contribution is 7.89. The SMILES string of the molecule is C#CCN(C)S(=O)(=O)c1ccc(F)c(C#N)c1. The van der Waals surface area contributed by atoms with Crippen molar-refractivity contribution in [3.8, 4) is 18.4 Å². The molecule has 0 spiro atoms. The van der Waals surface area contributed by atoms with E-state index in [0.29, 0.717) is 0 Å². The number of terminal acetylenes is 1. The van der Waals surface area contributed by atoms with Crippen molar-refractivity contribution in [3.63, 3.8) is 0 Å². The van der Waals surface area contributed by atoms with Gasteiger partial charge in [-0.2, -0.15) is 9.57 Å². The van der Waals surface area contributed by atoms with Gasteiger partial charge in [-0.25, -0.2) is 12.8 Å². The monoisotopic (exact) mass is 252 g/mol. The summed E-state index contributed by atoms with van der Waals surface area (Å²) in [7, 11) is -2.47. The summed E-state index contributed by atoms with van der Waals surface area (Å²) < 4.78 is 37.8. The fourth-order valence-corrected chi connectivity index (χ4v) is 2.26. The molecule has 0 saturated carbocycles. The Bertz CT molecular complexity index is 611. The van der Waals surface area contributed by atoms with E-state index in [9.17, 15) is 12.8 Å². The van der Waals surface area contributed by atoms with Gasteiger partial charge in [0.2, 0.25) is 10.0 Å². The number of benzene rings is 1. The minimum atomic E-state index is -3.78. The van der Waals surface area contributed by atoms with Crippen molar-refractivity contribution in [2.45, 2.75) is 4.90 Å². The summed E-state index contributed by atoms with van der Waals surface area (Å²) in [6, 6.07) is 4.60. The molecule has 0 unspecified atom stereocenters. The molecule has 17 heavy (non-hydrogen) atoms. The molecule has 1 aromatic rings. The molecule has 0 aliphatic rings. The Labute approximate surface area is 99.3 Å². The van der Waals surface area contributed by atoms with Crippen molar-refractivity contribution in [1.29, 1.82) is 5.26 Å². The zero-order valence-corrected chi connectivity index (χ0v) is 9.83. The lowest BCUT2D eigenvalue weighted by Crippen LogP contribution is -2.27. The van der Waals surface area contributed by atoms with Crippen LogP contribution in [0, 0.1) is 29.5 Å². The molecule has 0 N–H and O–H groups in total. The second-order valence-electron chi connectivity index (χ2n) is 3.22. The van der Waals surface area contributed by atoms with E-state index in [2.05, 4.69) is 5.92 Å². The first kappa shape index (κ1) is 13.2. The van der Waals surface area contributed by atoms with Crippen LogP contribution in [0.4, 0.5) is 4.39 Å². The number of nitriles is 1. The molecule has 0 radical (unpaired) electrons. The van der Waals surface area contributed by atoms with Gasteiger partial charge in [-0.1, -0.05) is 5.92 Å². The van der Waals surface area contributed by atoms with Crippen LogP contribution in [0.15, 0.2) is 23.1 Å². The topological polar surface area (TPSA) is 61.2 Å². The lowest BCUT2D eigenvalue weighted by molar-refractivity contribution is 0.502. The molecule has 0 amide bonds. The van der Waals surface area contributed by atoms with Crippen LogP contribution in [0.5, 0.6) is 0 Å². The van der Waals surface area contributed by atoms with Gasteiger partial charge in [-0.15, -0.1) is 6.42 Å². The van der Waals surface area contributed by atoms with Gasteiger partial charge in [-0.05, 0) is 18.2 Å². The molecule has 0 fully saturated rings. The largest absolute Gasteiger partial charge is 0.243 e. The van der Waals surface area contributed by atoms with E-state index in [1.807, 2.05) is 0 Å². The first-order valence-electron chi connectivity index (χ1n) is 4.53. The van der Waals surface area contributed by atoms with Gasteiger partial charge in [0.25, 0.3) is 0 Å². The van der Waals surface area contributed by atoms with Gasteiger partial charge >= 0.3 is 0 Å². The Kier molecular flexibility index (Phi) is 3.84. The molecule has 0 aliphatic carbocycles. The molecule has 1 rings (SSSR count). The van der Waals surface area contributed by atoms with Crippen molar-refractivity contribution in [2.75, 3.05) is 13.6 Å². The second-order valence-corrected chi connectivity index (χ2v) is 5.26.